The van der Waals surface area contributed by atoms with Crippen LogP contribution in [0.1, 0.15) is 220 Å². The Hall–Kier alpha value is -3.67. The predicted molar refractivity (Wildman–Crippen MR) is 265 cm³/mol. The lowest BCUT2D eigenvalue weighted by Crippen LogP contribution is -2.30. The highest BCUT2D eigenvalue weighted by molar-refractivity contribution is 5.71. The van der Waals surface area contributed by atoms with Crippen LogP contribution in [0.4, 0.5) is 0 Å². The normalized spacial score (nSPS) is 12.9. The van der Waals surface area contributed by atoms with Crippen LogP contribution in [-0.4, -0.2) is 37.2 Å². The molecule has 1 unspecified atom stereocenters. The summed E-state index contributed by atoms with van der Waals surface area (Å²) in [7, 11) is 0. The third kappa shape index (κ3) is 47.4. The molecule has 0 aromatic carbocycles. The van der Waals surface area contributed by atoms with Crippen LogP contribution >= 0.6 is 0 Å². The van der Waals surface area contributed by atoms with Gasteiger partial charge in [-0.2, -0.15) is 0 Å². The highest BCUT2D eigenvalue weighted by Gasteiger charge is 2.19. The fraction of sp³-hybridized carbons (Fsp3) is 0.661. The lowest BCUT2D eigenvalue weighted by molar-refractivity contribution is -0.167. The standard InChI is InChI=1S/C56H92O6/c1-4-7-10-13-16-19-22-25-27-29-31-34-37-40-43-46-49-55(58)61-52-53(51-60-54(57)48-45-42-39-36-33-30-24-21-18-15-12-9-6-3)62-56(59)50-47-44-41-38-35-32-28-26-23-20-17-14-11-8-5-2/h8-9,11-12,14-15,17-18,20-21,23-24,26-29,53H,4-7,10,13,16,19,22,25,30-52H2,1-3H3/b11-8-,12-9-,17-14-,18-15-,23-20-,24-21-,28-26-,29-27-. The molecule has 0 aliphatic rings. The summed E-state index contributed by atoms with van der Waals surface area (Å²) in [5.41, 5.74) is 0. The van der Waals surface area contributed by atoms with Crippen molar-refractivity contribution in [3.05, 3.63) is 97.2 Å². The van der Waals surface area contributed by atoms with Crippen LogP contribution < -0.4 is 0 Å². The van der Waals surface area contributed by atoms with Crippen LogP contribution in [0.3, 0.4) is 0 Å². The van der Waals surface area contributed by atoms with Crippen molar-refractivity contribution in [3.63, 3.8) is 0 Å². The number of rotatable bonds is 44. The van der Waals surface area contributed by atoms with E-state index < -0.39 is 6.10 Å². The maximum atomic E-state index is 12.8. The van der Waals surface area contributed by atoms with Gasteiger partial charge in [0.25, 0.3) is 0 Å². The Morgan fingerprint density at radius 2 is 0.645 bits per heavy atom. The molecule has 6 heteroatoms. The molecule has 0 aromatic rings. The van der Waals surface area contributed by atoms with E-state index >= 15 is 0 Å². The Bertz CT molecular complexity index is 1260. The van der Waals surface area contributed by atoms with E-state index in [9.17, 15) is 14.4 Å². The van der Waals surface area contributed by atoms with Gasteiger partial charge in [-0.05, 0) is 83.5 Å². The molecule has 0 aliphatic heterocycles. The summed E-state index contributed by atoms with van der Waals surface area (Å²) < 4.78 is 16.7. The van der Waals surface area contributed by atoms with E-state index in [2.05, 4.69) is 93.7 Å². The van der Waals surface area contributed by atoms with Gasteiger partial charge in [0.15, 0.2) is 6.10 Å². The first-order chi connectivity index (χ1) is 30.5. The summed E-state index contributed by atoms with van der Waals surface area (Å²) in [6.07, 6.45) is 65.3. The van der Waals surface area contributed by atoms with Crippen LogP contribution in [0.5, 0.6) is 0 Å². The van der Waals surface area contributed by atoms with Gasteiger partial charge < -0.3 is 14.2 Å². The van der Waals surface area contributed by atoms with Crippen molar-refractivity contribution in [1.82, 2.24) is 0 Å². The number of carbonyl (C=O) groups excluding carboxylic acids is 3. The van der Waals surface area contributed by atoms with E-state index in [0.29, 0.717) is 19.3 Å². The minimum Gasteiger partial charge on any atom is -0.462 e. The second-order valence-corrected chi connectivity index (χ2v) is 16.5. The van der Waals surface area contributed by atoms with E-state index in [1.54, 1.807) is 0 Å². The molecule has 0 saturated carbocycles. The van der Waals surface area contributed by atoms with Gasteiger partial charge >= 0.3 is 17.9 Å². The van der Waals surface area contributed by atoms with Gasteiger partial charge in [0.2, 0.25) is 0 Å². The minimum atomic E-state index is -0.802. The molecule has 0 saturated heterocycles. The van der Waals surface area contributed by atoms with Crippen LogP contribution in [0, 0.1) is 0 Å². The second kappa shape index (κ2) is 50.0. The molecule has 0 radical (unpaired) electrons. The first kappa shape index (κ1) is 58.3. The van der Waals surface area contributed by atoms with Crippen LogP contribution in [0.15, 0.2) is 97.2 Å². The number of unbranched alkanes of at least 4 members (excludes halogenated alkanes) is 22. The van der Waals surface area contributed by atoms with Crippen molar-refractivity contribution < 1.29 is 28.6 Å². The van der Waals surface area contributed by atoms with E-state index in [4.69, 9.17) is 14.2 Å². The van der Waals surface area contributed by atoms with Gasteiger partial charge in [-0.15, -0.1) is 0 Å². The second-order valence-electron chi connectivity index (χ2n) is 16.5. The Morgan fingerprint density at radius 1 is 0.339 bits per heavy atom. The predicted octanol–water partition coefficient (Wildman–Crippen LogP) is 16.6. The molecule has 0 amide bonds. The number of carbonyl (C=O) groups is 3. The zero-order valence-electron chi connectivity index (χ0n) is 40.1. The summed E-state index contributed by atoms with van der Waals surface area (Å²) in [6.45, 7) is 6.31. The van der Waals surface area contributed by atoms with Crippen molar-refractivity contribution in [3.8, 4) is 0 Å². The van der Waals surface area contributed by atoms with Crippen molar-refractivity contribution in [2.24, 2.45) is 0 Å². The molecule has 0 rings (SSSR count). The topological polar surface area (TPSA) is 78.9 Å². The van der Waals surface area contributed by atoms with E-state index in [-0.39, 0.29) is 31.1 Å². The van der Waals surface area contributed by atoms with Crippen molar-refractivity contribution in [2.45, 2.75) is 226 Å². The molecule has 0 N–H and O–H groups in total. The maximum Gasteiger partial charge on any atom is 0.306 e. The minimum absolute atomic E-state index is 0.0996. The highest BCUT2D eigenvalue weighted by Crippen LogP contribution is 2.14. The third-order valence-electron chi connectivity index (χ3n) is 10.5. The monoisotopic (exact) mass is 861 g/mol. The molecular weight excluding hydrogens is 769 g/mol. The van der Waals surface area contributed by atoms with Crippen LogP contribution in [0.25, 0.3) is 0 Å². The maximum absolute atomic E-state index is 12.8. The van der Waals surface area contributed by atoms with Gasteiger partial charge in [0.05, 0.1) is 0 Å². The molecule has 1 atom stereocenters. The summed E-state index contributed by atoms with van der Waals surface area (Å²) in [6, 6.07) is 0. The number of hydrogen-bond acceptors (Lipinski definition) is 6. The molecule has 0 spiro atoms. The van der Waals surface area contributed by atoms with Crippen molar-refractivity contribution in [2.75, 3.05) is 13.2 Å². The highest BCUT2D eigenvalue weighted by atomic mass is 16.6. The van der Waals surface area contributed by atoms with E-state index in [1.807, 2.05) is 24.3 Å². The molecule has 0 bridgehead atoms. The van der Waals surface area contributed by atoms with E-state index in [1.165, 1.54) is 64.2 Å². The van der Waals surface area contributed by atoms with Gasteiger partial charge in [0.1, 0.15) is 13.2 Å². The Labute approximate surface area is 381 Å². The SMILES string of the molecule is CC\C=C/C=C\C=C/C=C\CCCCCCCC(=O)OC(COC(=O)CCCCCCC\C=C/C=C\C=C/CC)COC(=O)CCCCCCC/C=C\CCCCCCCCC. The van der Waals surface area contributed by atoms with Crippen LogP contribution in [-0.2, 0) is 28.6 Å². The van der Waals surface area contributed by atoms with Crippen LogP contribution in [0.2, 0.25) is 0 Å². The van der Waals surface area contributed by atoms with Gasteiger partial charge in [-0.1, -0.05) is 214 Å². The van der Waals surface area contributed by atoms with Gasteiger partial charge in [0, 0.05) is 19.3 Å². The smallest absolute Gasteiger partial charge is 0.306 e. The summed E-state index contributed by atoms with van der Waals surface area (Å²) >= 11 is 0. The number of ether oxygens (including phenoxy) is 3. The number of allylic oxidation sites excluding steroid dienone is 16. The first-order valence-electron chi connectivity index (χ1n) is 25.3. The average molecular weight is 861 g/mol. The molecule has 352 valence electrons. The lowest BCUT2D eigenvalue weighted by Gasteiger charge is -2.18. The largest absolute Gasteiger partial charge is 0.462 e. The zero-order chi connectivity index (χ0) is 45.1. The lowest BCUT2D eigenvalue weighted by atomic mass is 10.1. The van der Waals surface area contributed by atoms with Crippen molar-refractivity contribution >= 4 is 17.9 Å². The summed E-state index contributed by atoms with van der Waals surface area (Å²) in [4.78, 5) is 37.9. The Morgan fingerprint density at radius 3 is 1.03 bits per heavy atom. The molecule has 0 heterocycles. The quantitative estimate of drug-likeness (QED) is 0.0200. The molecule has 0 aromatic heterocycles. The Balaban J connectivity index is 4.47. The first-order valence-corrected chi connectivity index (χ1v) is 25.3. The number of hydrogen-bond donors (Lipinski definition) is 0. The van der Waals surface area contributed by atoms with Gasteiger partial charge in [-0.25, -0.2) is 0 Å². The summed E-state index contributed by atoms with van der Waals surface area (Å²) in [5, 5.41) is 0. The molecular formula is C56H92O6. The molecule has 0 aliphatic carbocycles. The average Bonchev–Trinajstić information content (AvgIpc) is 3.27. The van der Waals surface area contributed by atoms with Gasteiger partial charge in [-0.3, -0.25) is 14.4 Å². The molecule has 6 nitrogen and oxygen atoms in total. The van der Waals surface area contributed by atoms with E-state index in [0.717, 1.165) is 116 Å². The summed E-state index contributed by atoms with van der Waals surface area (Å²) in [5.74, 6) is -0.956. The fourth-order valence-corrected chi connectivity index (χ4v) is 6.68. The fourth-order valence-electron chi connectivity index (χ4n) is 6.68. The molecule has 0 fully saturated rings. The Kier molecular flexibility index (Phi) is 47.0. The third-order valence-corrected chi connectivity index (χ3v) is 10.5. The zero-order valence-corrected chi connectivity index (χ0v) is 40.1. The molecule has 62 heavy (non-hydrogen) atoms. The van der Waals surface area contributed by atoms with Crippen molar-refractivity contribution in [1.29, 1.82) is 0 Å². The number of esters is 3.